The van der Waals surface area contributed by atoms with E-state index in [4.69, 9.17) is 14.2 Å². The van der Waals surface area contributed by atoms with Gasteiger partial charge >= 0.3 is 0 Å². The molecule has 0 aliphatic carbocycles. The van der Waals surface area contributed by atoms with Gasteiger partial charge in [0.25, 0.3) is 0 Å². The van der Waals surface area contributed by atoms with Gasteiger partial charge in [0.15, 0.2) is 17.5 Å². The van der Waals surface area contributed by atoms with E-state index in [1.54, 1.807) is 34.6 Å². The van der Waals surface area contributed by atoms with Crippen LogP contribution in [0.5, 0.6) is 17.2 Å². The molecule has 0 spiro atoms. The summed E-state index contributed by atoms with van der Waals surface area (Å²) in [7, 11) is 6.62. The first-order chi connectivity index (χ1) is 15.7. The van der Waals surface area contributed by atoms with Crippen LogP contribution >= 0.6 is 24.0 Å². The monoisotopic (exact) mass is 565 g/mol. The predicted octanol–water partition coefficient (Wildman–Crippen LogP) is 3.48. The molecule has 8 nitrogen and oxygen atoms in total. The van der Waals surface area contributed by atoms with Gasteiger partial charge in [0.1, 0.15) is 0 Å². The summed E-state index contributed by atoms with van der Waals surface area (Å²) in [4.78, 5) is 4.34. The topological polar surface area (TPSA) is 81.9 Å². The molecule has 0 saturated heterocycles. The maximum Gasteiger partial charge on any atom is 0.203 e. The minimum atomic E-state index is 0. The van der Waals surface area contributed by atoms with Crippen LogP contribution in [0.1, 0.15) is 16.7 Å². The Morgan fingerprint density at radius 1 is 0.909 bits per heavy atom. The zero-order chi connectivity index (χ0) is 22.8. The van der Waals surface area contributed by atoms with Crippen molar-refractivity contribution in [2.24, 2.45) is 4.99 Å². The van der Waals surface area contributed by atoms with Gasteiger partial charge in [-0.05, 0) is 29.7 Å². The molecule has 2 N–H and O–H groups in total. The second-order valence-electron chi connectivity index (χ2n) is 7.07. The molecule has 0 aliphatic rings. The molecule has 2 aromatic carbocycles. The minimum absolute atomic E-state index is 0. The summed E-state index contributed by atoms with van der Waals surface area (Å²) in [6.45, 7) is 2.08. The molecule has 3 aromatic rings. The lowest BCUT2D eigenvalue weighted by Gasteiger charge is -2.17. The van der Waals surface area contributed by atoms with E-state index >= 15 is 0 Å². The lowest BCUT2D eigenvalue weighted by Crippen LogP contribution is -2.38. The Morgan fingerprint density at radius 3 is 2.30 bits per heavy atom. The summed E-state index contributed by atoms with van der Waals surface area (Å²) in [5.41, 5.74) is 3.44. The summed E-state index contributed by atoms with van der Waals surface area (Å²) >= 11 is 0. The van der Waals surface area contributed by atoms with Gasteiger partial charge in [0.05, 0.1) is 27.9 Å². The van der Waals surface area contributed by atoms with Crippen LogP contribution in [-0.2, 0) is 19.5 Å². The fourth-order valence-electron chi connectivity index (χ4n) is 3.53. The first-order valence-corrected chi connectivity index (χ1v) is 10.5. The van der Waals surface area contributed by atoms with Crippen LogP contribution in [0, 0.1) is 0 Å². The van der Waals surface area contributed by atoms with Gasteiger partial charge in [-0.25, -0.2) is 0 Å². The van der Waals surface area contributed by atoms with Crippen LogP contribution in [0.25, 0.3) is 0 Å². The molecule has 178 valence electrons. The van der Waals surface area contributed by atoms with Crippen LogP contribution in [0.2, 0.25) is 0 Å². The molecule has 9 heteroatoms. The average molecular weight is 565 g/mol. The lowest BCUT2D eigenvalue weighted by atomic mass is 10.1. The van der Waals surface area contributed by atoms with Crippen molar-refractivity contribution in [1.82, 2.24) is 20.4 Å². The molecule has 33 heavy (non-hydrogen) atoms. The van der Waals surface area contributed by atoms with E-state index in [1.807, 2.05) is 41.2 Å². The molecule has 1 heterocycles. The van der Waals surface area contributed by atoms with Gasteiger partial charge in [-0.3, -0.25) is 9.67 Å². The van der Waals surface area contributed by atoms with Crippen LogP contribution in [0.4, 0.5) is 0 Å². The van der Waals surface area contributed by atoms with Crippen molar-refractivity contribution >= 4 is 29.9 Å². The average Bonchev–Trinajstić information content (AvgIpc) is 3.34. The summed E-state index contributed by atoms with van der Waals surface area (Å²) in [5, 5.41) is 11.1. The maximum absolute atomic E-state index is 5.57. The Morgan fingerprint density at radius 2 is 1.67 bits per heavy atom. The number of methoxy groups -OCH3 is 3. The zero-order valence-corrected chi connectivity index (χ0v) is 21.8. The summed E-state index contributed by atoms with van der Waals surface area (Å²) in [6.07, 6.45) is 4.49. The number of guanidine groups is 1. The van der Waals surface area contributed by atoms with Crippen molar-refractivity contribution in [1.29, 1.82) is 0 Å². The predicted molar refractivity (Wildman–Crippen MR) is 141 cm³/mol. The van der Waals surface area contributed by atoms with Crippen molar-refractivity contribution in [3.63, 3.8) is 0 Å². The first kappa shape index (κ1) is 26.3. The fourth-order valence-corrected chi connectivity index (χ4v) is 3.53. The second-order valence-corrected chi connectivity index (χ2v) is 7.07. The molecule has 1 aromatic heterocycles. The Hall–Kier alpha value is -2.95. The number of nitrogens with one attached hydrogen (secondary N) is 2. The van der Waals surface area contributed by atoms with E-state index in [9.17, 15) is 0 Å². The van der Waals surface area contributed by atoms with Gasteiger partial charge in [-0.15, -0.1) is 24.0 Å². The van der Waals surface area contributed by atoms with E-state index in [2.05, 4.69) is 32.9 Å². The molecule has 0 fully saturated rings. The molecule has 0 aliphatic heterocycles. The van der Waals surface area contributed by atoms with Gasteiger partial charge in [0, 0.05) is 38.1 Å². The normalized spacial score (nSPS) is 10.8. The highest BCUT2D eigenvalue weighted by molar-refractivity contribution is 14.0. The number of halogens is 1. The van der Waals surface area contributed by atoms with Crippen molar-refractivity contribution in [2.45, 2.75) is 19.5 Å². The standard InChI is InChI=1S/C24H31N5O3.HI/c1-25-24(26-14-12-18-10-11-21(30-2)23(32-4)22(18)31-3)27-16-19-8-5-6-9-20(19)17-29-15-7-13-28-29;/h5-11,13,15H,12,14,16-17H2,1-4H3,(H2,25,26,27);1H. The summed E-state index contributed by atoms with van der Waals surface area (Å²) in [6, 6.07) is 14.1. The van der Waals surface area contributed by atoms with Gasteiger partial charge in [-0.1, -0.05) is 30.3 Å². The molecule has 0 radical (unpaired) electrons. The molecule has 0 bridgehead atoms. The van der Waals surface area contributed by atoms with Crippen LogP contribution < -0.4 is 24.8 Å². The number of nitrogens with zero attached hydrogens (tertiary/aromatic N) is 3. The number of hydrogen-bond acceptors (Lipinski definition) is 5. The number of hydrogen-bond donors (Lipinski definition) is 2. The highest BCUT2D eigenvalue weighted by Crippen LogP contribution is 2.39. The van der Waals surface area contributed by atoms with E-state index < -0.39 is 0 Å². The van der Waals surface area contributed by atoms with E-state index in [0.29, 0.717) is 30.3 Å². The van der Waals surface area contributed by atoms with E-state index in [-0.39, 0.29) is 24.0 Å². The highest BCUT2D eigenvalue weighted by Gasteiger charge is 2.15. The van der Waals surface area contributed by atoms with Crippen LogP contribution in [0.3, 0.4) is 0 Å². The van der Waals surface area contributed by atoms with Crippen molar-refractivity contribution in [3.8, 4) is 17.2 Å². The van der Waals surface area contributed by atoms with Crippen LogP contribution in [0.15, 0.2) is 59.9 Å². The van der Waals surface area contributed by atoms with E-state index in [0.717, 1.165) is 24.5 Å². The lowest BCUT2D eigenvalue weighted by molar-refractivity contribution is 0.322. The number of ether oxygens (including phenoxy) is 3. The third kappa shape index (κ3) is 7.01. The molecule has 3 rings (SSSR count). The Labute approximate surface area is 212 Å². The SMILES string of the molecule is CN=C(NCCc1ccc(OC)c(OC)c1OC)NCc1ccccc1Cn1cccn1.I. The first-order valence-electron chi connectivity index (χ1n) is 10.5. The zero-order valence-electron chi connectivity index (χ0n) is 19.5. The van der Waals surface area contributed by atoms with Crippen molar-refractivity contribution in [3.05, 3.63) is 71.5 Å². The van der Waals surface area contributed by atoms with Gasteiger partial charge in [0.2, 0.25) is 5.75 Å². The smallest absolute Gasteiger partial charge is 0.203 e. The van der Waals surface area contributed by atoms with E-state index in [1.165, 1.54) is 11.1 Å². The minimum Gasteiger partial charge on any atom is -0.493 e. The van der Waals surface area contributed by atoms with Gasteiger partial charge in [-0.2, -0.15) is 5.10 Å². The largest absolute Gasteiger partial charge is 0.493 e. The Kier molecular flexibility index (Phi) is 10.8. The third-order valence-corrected chi connectivity index (χ3v) is 5.15. The number of rotatable bonds is 10. The second kappa shape index (κ2) is 13.6. The van der Waals surface area contributed by atoms with Gasteiger partial charge < -0.3 is 24.8 Å². The molecule has 0 unspecified atom stereocenters. The summed E-state index contributed by atoms with van der Waals surface area (Å²) < 4.78 is 18.3. The Bertz CT molecular complexity index is 1020. The molecular weight excluding hydrogens is 533 g/mol. The fraction of sp³-hybridized carbons (Fsp3) is 0.333. The van der Waals surface area contributed by atoms with Crippen molar-refractivity contribution in [2.75, 3.05) is 34.9 Å². The third-order valence-electron chi connectivity index (χ3n) is 5.15. The Balaban J connectivity index is 0.00000385. The van der Waals surface area contributed by atoms with Crippen LogP contribution in [-0.4, -0.2) is 50.7 Å². The number of benzene rings is 2. The maximum atomic E-state index is 5.57. The van der Waals surface area contributed by atoms with Crippen molar-refractivity contribution < 1.29 is 14.2 Å². The number of aromatic nitrogens is 2. The highest BCUT2D eigenvalue weighted by atomic mass is 127. The molecule has 0 saturated carbocycles. The number of aliphatic imine (C=N–C) groups is 1. The molecule has 0 amide bonds. The quantitative estimate of drug-likeness (QED) is 0.223. The molecular formula is C24H32IN5O3. The summed E-state index contributed by atoms with van der Waals surface area (Å²) in [5.74, 6) is 2.67. The molecule has 0 atom stereocenters.